The van der Waals surface area contributed by atoms with Gasteiger partial charge in [0.1, 0.15) is 0 Å². The molecule has 1 aliphatic rings. The van der Waals surface area contributed by atoms with Gasteiger partial charge in [-0.2, -0.15) is 0 Å². The Morgan fingerprint density at radius 2 is 1.62 bits per heavy atom. The summed E-state index contributed by atoms with van der Waals surface area (Å²) in [6.45, 7) is 2.22. The van der Waals surface area contributed by atoms with Crippen LogP contribution in [0, 0.1) is 6.42 Å². The van der Waals surface area contributed by atoms with Crippen LogP contribution in [-0.2, 0) is 23.6 Å². The SMILES string of the molecule is CCCC1=Cc2ccccc2[CH]1.[F][Zr]([F])[F]. The van der Waals surface area contributed by atoms with Crippen molar-refractivity contribution in [3.8, 4) is 0 Å². The Hall–Kier alpha value is -0.367. The van der Waals surface area contributed by atoms with Crippen LogP contribution in [0.3, 0.4) is 0 Å². The van der Waals surface area contributed by atoms with Crippen molar-refractivity contribution in [1.82, 2.24) is 0 Å². The molecule has 1 aliphatic carbocycles. The molecule has 0 bridgehead atoms. The van der Waals surface area contributed by atoms with Gasteiger partial charge < -0.3 is 0 Å². The van der Waals surface area contributed by atoms with E-state index in [-0.39, 0.29) is 0 Å². The molecule has 1 radical (unpaired) electrons. The van der Waals surface area contributed by atoms with Crippen LogP contribution in [0.15, 0.2) is 29.8 Å². The molecule has 0 spiro atoms. The van der Waals surface area contributed by atoms with E-state index in [0.29, 0.717) is 0 Å². The molecule has 0 amide bonds. The molecule has 4 heteroatoms. The van der Waals surface area contributed by atoms with Gasteiger partial charge in [-0.25, -0.2) is 0 Å². The zero-order valence-corrected chi connectivity index (χ0v) is 11.5. The summed E-state index contributed by atoms with van der Waals surface area (Å²) < 4.78 is 29.6. The second-order valence-corrected chi connectivity index (χ2v) is 4.51. The minimum atomic E-state index is -5.04. The zero-order chi connectivity index (χ0) is 12.0. The molecule has 1 aromatic carbocycles. The molecule has 16 heavy (non-hydrogen) atoms. The Morgan fingerprint density at radius 3 is 2.12 bits per heavy atom. The molecule has 0 fully saturated rings. The number of hydrogen-bond donors (Lipinski definition) is 0. The van der Waals surface area contributed by atoms with Gasteiger partial charge >= 0.3 is 31.5 Å². The average molecular weight is 305 g/mol. The molecule has 0 aliphatic heterocycles. The van der Waals surface area contributed by atoms with Crippen molar-refractivity contribution in [3.05, 3.63) is 47.4 Å². The van der Waals surface area contributed by atoms with Gasteiger partial charge in [-0.1, -0.05) is 49.3 Å². The number of allylic oxidation sites excluding steroid dienone is 1. The molecule has 86 valence electrons. The molecule has 0 N–H and O–H groups in total. The molecule has 0 nitrogen and oxygen atoms in total. The fourth-order valence-corrected chi connectivity index (χ4v) is 1.65. The van der Waals surface area contributed by atoms with Crippen LogP contribution in [-0.4, -0.2) is 0 Å². The van der Waals surface area contributed by atoms with Crippen molar-refractivity contribution in [1.29, 1.82) is 0 Å². The van der Waals surface area contributed by atoms with Gasteiger partial charge in [-0.15, -0.1) is 0 Å². The normalized spacial score (nSPS) is 12.4. The molecule has 1 aromatic rings. The maximum absolute atomic E-state index is 9.86. The molecule has 0 unspecified atom stereocenters. The van der Waals surface area contributed by atoms with E-state index in [9.17, 15) is 7.88 Å². The van der Waals surface area contributed by atoms with E-state index < -0.39 is 23.6 Å². The number of hydrogen-bond acceptors (Lipinski definition) is 0. The number of rotatable bonds is 2. The first-order valence-electron chi connectivity index (χ1n) is 5.11. The van der Waals surface area contributed by atoms with Gasteiger partial charge in [-0.3, -0.25) is 0 Å². The van der Waals surface area contributed by atoms with Crippen LogP contribution < -0.4 is 0 Å². The molecule has 0 heterocycles. The van der Waals surface area contributed by atoms with Crippen LogP contribution in [0.25, 0.3) is 6.08 Å². The third-order valence-corrected chi connectivity index (χ3v) is 2.22. The quantitative estimate of drug-likeness (QED) is 0.743. The van der Waals surface area contributed by atoms with E-state index in [4.69, 9.17) is 0 Å². The fraction of sp³-hybridized carbons (Fsp3) is 0.250. The Bertz CT molecular complexity index is 358. The summed E-state index contributed by atoms with van der Waals surface area (Å²) in [6.07, 6.45) is 7.02. The first kappa shape index (κ1) is 13.7. The molecule has 0 saturated heterocycles. The standard InChI is InChI=1S/C12H13.3FH.Zr/c1-2-5-10-8-11-6-3-4-7-12(11)9-10;;;;/h3-4,6-9H,2,5H2,1H3;3*1H;/q;;;;+3/p-3. The summed E-state index contributed by atoms with van der Waals surface area (Å²) in [6, 6.07) is 8.54. The van der Waals surface area contributed by atoms with Crippen LogP contribution in [0.2, 0.25) is 0 Å². The second-order valence-electron chi connectivity index (χ2n) is 3.46. The van der Waals surface area contributed by atoms with Gasteiger partial charge in [-0.05, 0) is 17.5 Å². The van der Waals surface area contributed by atoms with Gasteiger partial charge in [0.25, 0.3) is 0 Å². The maximum atomic E-state index is 9.86. The Kier molecular flexibility index (Phi) is 6.04. The topological polar surface area (TPSA) is 0 Å². The van der Waals surface area contributed by atoms with E-state index in [1.807, 2.05) is 0 Å². The van der Waals surface area contributed by atoms with Gasteiger partial charge in [0.15, 0.2) is 0 Å². The average Bonchev–Trinajstić information content (AvgIpc) is 2.59. The van der Waals surface area contributed by atoms with Crippen molar-refractivity contribution in [2.75, 3.05) is 0 Å². The summed E-state index contributed by atoms with van der Waals surface area (Å²) in [5, 5.41) is 0. The van der Waals surface area contributed by atoms with Crippen molar-refractivity contribution in [2.24, 2.45) is 0 Å². The first-order chi connectivity index (χ1) is 7.63. The first-order valence-corrected chi connectivity index (χ1v) is 7.90. The molecule has 0 atom stereocenters. The minimum absolute atomic E-state index is 1.20. The van der Waals surface area contributed by atoms with E-state index in [2.05, 4.69) is 43.7 Å². The van der Waals surface area contributed by atoms with E-state index in [1.165, 1.54) is 29.5 Å². The monoisotopic (exact) mass is 304 g/mol. The van der Waals surface area contributed by atoms with Crippen molar-refractivity contribution >= 4 is 6.08 Å². The number of benzene rings is 1. The molecule has 0 saturated carbocycles. The number of fused-ring (bicyclic) bond motifs is 1. The third-order valence-electron chi connectivity index (χ3n) is 2.22. The zero-order valence-electron chi connectivity index (χ0n) is 9.01. The predicted molar refractivity (Wildman–Crippen MR) is 56.1 cm³/mol. The van der Waals surface area contributed by atoms with Crippen molar-refractivity contribution < 1.29 is 31.5 Å². The molecular formula is C12H13F3Zr. The Labute approximate surface area is 105 Å². The van der Waals surface area contributed by atoms with Crippen LogP contribution in [0.1, 0.15) is 30.9 Å². The summed E-state index contributed by atoms with van der Waals surface area (Å²) in [4.78, 5) is 0. The van der Waals surface area contributed by atoms with Gasteiger partial charge in [0.2, 0.25) is 0 Å². The summed E-state index contributed by atoms with van der Waals surface area (Å²) in [5.74, 6) is 0. The third kappa shape index (κ3) is 4.65. The molecule has 0 aromatic heterocycles. The van der Waals surface area contributed by atoms with Crippen LogP contribution in [0.5, 0.6) is 0 Å². The fourth-order valence-electron chi connectivity index (χ4n) is 1.65. The van der Waals surface area contributed by atoms with Crippen LogP contribution in [0.4, 0.5) is 7.88 Å². The van der Waals surface area contributed by atoms with Gasteiger partial charge in [0, 0.05) is 6.42 Å². The summed E-state index contributed by atoms with van der Waals surface area (Å²) >= 11 is -5.04. The van der Waals surface area contributed by atoms with Crippen LogP contribution >= 0.6 is 0 Å². The predicted octanol–water partition coefficient (Wildman–Crippen LogP) is 4.69. The van der Waals surface area contributed by atoms with E-state index in [0.717, 1.165) is 0 Å². The molecule has 2 rings (SSSR count). The Balaban J connectivity index is 0.000000280. The summed E-state index contributed by atoms with van der Waals surface area (Å²) in [7, 11) is 0. The second kappa shape index (κ2) is 7.06. The number of halogens is 3. The van der Waals surface area contributed by atoms with Crippen molar-refractivity contribution in [2.45, 2.75) is 19.8 Å². The van der Waals surface area contributed by atoms with E-state index >= 15 is 0 Å². The van der Waals surface area contributed by atoms with E-state index in [1.54, 1.807) is 0 Å². The van der Waals surface area contributed by atoms with Crippen molar-refractivity contribution in [3.63, 3.8) is 0 Å². The summed E-state index contributed by atoms with van der Waals surface area (Å²) in [5.41, 5.74) is 4.22. The van der Waals surface area contributed by atoms with Gasteiger partial charge in [0.05, 0.1) is 0 Å². The molecular weight excluding hydrogens is 292 g/mol. The Morgan fingerprint density at radius 1 is 1.06 bits per heavy atom.